The van der Waals surface area contributed by atoms with E-state index in [1.807, 2.05) is 6.92 Å². The first-order valence-electron chi connectivity index (χ1n) is 9.80. The third kappa shape index (κ3) is 4.83. The Morgan fingerprint density at radius 3 is 2.44 bits per heavy atom. The fraction of sp³-hybridized carbons (Fsp3) is 0.667. The van der Waals surface area contributed by atoms with Crippen LogP contribution in [0, 0.1) is 23.7 Å². The van der Waals surface area contributed by atoms with Gasteiger partial charge in [-0.3, -0.25) is 9.69 Å². The summed E-state index contributed by atoms with van der Waals surface area (Å²) in [4.78, 5) is 15.0. The van der Waals surface area contributed by atoms with E-state index in [2.05, 4.69) is 53.6 Å². The van der Waals surface area contributed by atoms with Crippen molar-refractivity contribution in [3.63, 3.8) is 0 Å². The van der Waals surface area contributed by atoms with Crippen LogP contribution >= 0.6 is 0 Å². The van der Waals surface area contributed by atoms with Crippen LogP contribution in [0.3, 0.4) is 0 Å². The number of nitrogens with zero attached hydrogens (tertiary/aromatic N) is 1. The van der Waals surface area contributed by atoms with Crippen molar-refractivity contribution >= 4 is 5.91 Å². The molecular formula is C21H33N3O. The van der Waals surface area contributed by atoms with Crippen molar-refractivity contribution in [1.82, 2.24) is 15.5 Å². The van der Waals surface area contributed by atoms with E-state index in [1.54, 1.807) is 0 Å². The highest BCUT2D eigenvalue weighted by Crippen LogP contribution is 2.23. The Kier molecular flexibility index (Phi) is 6.13. The number of rotatable bonds is 6. The van der Waals surface area contributed by atoms with Crippen molar-refractivity contribution in [3.05, 3.63) is 35.4 Å². The summed E-state index contributed by atoms with van der Waals surface area (Å²) in [5.41, 5.74) is 2.60. The molecule has 3 unspecified atom stereocenters. The molecule has 0 aromatic heterocycles. The minimum Gasteiger partial charge on any atom is -0.352 e. The minimum absolute atomic E-state index is 0.0946. The predicted molar refractivity (Wildman–Crippen MR) is 102 cm³/mol. The third-order valence-electron chi connectivity index (χ3n) is 5.84. The van der Waals surface area contributed by atoms with Crippen LogP contribution in [0.5, 0.6) is 0 Å². The highest BCUT2D eigenvalue weighted by Gasteiger charge is 2.28. The monoisotopic (exact) mass is 343 g/mol. The Morgan fingerprint density at radius 1 is 1.20 bits per heavy atom. The van der Waals surface area contributed by atoms with Gasteiger partial charge in [0.25, 0.3) is 0 Å². The lowest BCUT2D eigenvalue weighted by Gasteiger charge is -2.35. The van der Waals surface area contributed by atoms with Crippen molar-refractivity contribution in [3.8, 4) is 0 Å². The van der Waals surface area contributed by atoms with E-state index in [0.717, 1.165) is 31.5 Å². The molecule has 2 saturated heterocycles. The molecule has 2 heterocycles. The smallest absolute Gasteiger partial charge is 0.223 e. The van der Waals surface area contributed by atoms with Gasteiger partial charge in [-0.05, 0) is 48.4 Å². The van der Waals surface area contributed by atoms with Crippen LogP contribution in [0.25, 0.3) is 0 Å². The van der Waals surface area contributed by atoms with Gasteiger partial charge in [0.1, 0.15) is 0 Å². The van der Waals surface area contributed by atoms with E-state index in [9.17, 15) is 4.79 Å². The Morgan fingerprint density at radius 2 is 1.84 bits per heavy atom. The van der Waals surface area contributed by atoms with E-state index in [4.69, 9.17) is 0 Å². The molecule has 138 valence electrons. The SMILES string of the molecule is CC1CC(C)CN(Cc2ccccc2CNC(=O)C(C)C2CNC2)C1. The molecule has 0 saturated carbocycles. The standard InChI is InChI=1S/C21H33N3O/c1-15-8-16(2)13-24(12-15)14-19-7-5-4-6-18(19)11-23-21(25)17(3)20-9-22-10-20/h4-7,15-17,20,22H,8-14H2,1-3H3,(H,23,25). The molecule has 2 aliphatic heterocycles. The molecule has 2 aliphatic rings. The molecule has 2 N–H and O–H groups in total. The highest BCUT2D eigenvalue weighted by molar-refractivity contribution is 5.78. The van der Waals surface area contributed by atoms with Crippen LogP contribution in [-0.2, 0) is 17.9 Å². The van der Waals surface area contributed by atoms with Gasteiger partial charge in [0.15, 0.2) is 0 Å². The Labute approximate surface area is 152 Å². The number of carbonyl (C=O) groups is 1. The molecular weight excluding hydrogens is 310 g/mol. The zero-order valence-electron chi connectivity index (χ0n) is 15.9. The zero-order chi connectivity index (χ0) is 17.8. The summed E-state index contributed by atoms with van der Waals surface area (Å²) in [7, 11) is 0. The predicted octanol–water partition coefficient (Wildman–Crippen LogP) is 2.64. The van der Waals surface area contributed by atoms with E-state index >= 15 is 0 Å². The number of amides is 1. The Balaban J connectivity index is 1.57. The first kappa shape index (κ1) is 18.4. The molecule has 1 aromatic rings. The maximum Gasteiger partial charge on any atom is 0.223 e. The average Bonchev–Trinajstić information content (AvgIpc) is 2.51. The summed E-state index contributed by atoms with van der Waals surface area (Å²) >= 11 is 0. The molecule has 1 amide bonds. The molecule has 3 rings (SSSR count). The molecule has 0 aliphatic carbocycles. The van der Waals surface area contributed by atoms with Gasteiger partial charge < -0.3 is 10.6 Å². The van der Waals surface area contributed by atoms with Crippen LogP contribution in [0.2, 0.25) is 0 Å². The lowest BCUT2D eigenvalue weighted by molar-refractivity contribution is -0.126. The van der Waals surface area contributed by atoms with E-state index in [1.165, 1.54) is 30.6 Å². The summed E-state index contributed by atoms with van der Waals surface area (Å²) in [5.74, 6) is 2.31. The average molecular weight is 344 g/mol. The second-order valence-corrected chi connectivity index (χ2v) is 8.33. The van der Waals surface area contributed by atoms with Crippen molar-refractivity contribution in [2.45, 2.75) is 40.3 Å². The first-order valence-corrected chi connectivity index (χ1v) is 9.80. The van der Waals surface area contributed by atoms with Gasteiger partial charge in [0.2, 0.25) is 5.91 Å². The summed E-state index contributed by atoms with van der Waals surface area (Å²) in [6, 6.07) is 8.55. The largest absolute Gasteiger partial charge is 0.352 e. The fourth-order valence-corrected chi connectivity index (χ4v) is 4.27. The number of likely N-dealkylation sites (tertiary alicyclic amines) is 1. The first-order chi connectivity index (χ1) is 12.0. The van der Waals surface area contributed by atoms with E-state index < -0.39 is 0 Å². The van der Waals surface area contributed by atoms with Crippen LogP contribution in [0.15, 0.2) is 24.3 Å². The quantitative estimate of drug-likeness (QED) is 0.835. The molecule has 2 fully saturated rings. The maximum absolute atomic E-state index is 12.4. The van der Waals surface area contributed by atoms with Crippen LogP contribution in [0.4, 0.5) is 0 Å². The number of hydrogen-bond donors (Lipinski definition) is 2. The summed E-state index contributed by atoms with van der Waals surface area (Å²) in [6.07, 6.45) is 1.34. The lowest BCUT2D eigenvalue weighted by atomic mass is 9.88. The van der Waals surface area contributed by atoms with Crippen LogP contribution in [0.1, 0.15) is 38.3 Å². The van der Waals surface area contributed by atoms with E-state index in [-0.39, 0.29) is 11.8 Å². The van der Waals surface area contributed by atoms with Crippen LogP contribution < -0.4 is 10.6 Å². The maximum atomic E-state index is 12.4. The second-order valence-electron chi connectivity index (χ2n) is 8.33. The van der Waals surface area contributed by atoms with Gasteiger partial charge in [-0.25, -0.2) is 0 Å². The normalized spacial score (nSPS) is 26.0. The third-order valence-corrected chi connectivity index (χ3v) is 5.84. The number of piperidine rings is 1. The molecule has 1 aromatic carbocycles. The molecule has 0 bridgehead atoms. The Hall–Kier alpha value is -1.39. The van der Waals surface area contributed by atoms with Crippen molar-refractivity contribution in [2.75, 3.05) is 26.2 Å². The molecule has 3 atom stereocenters. The summed E-state index contributed by atoms with van der Waals surface area (Å²) < 4.78 is 0. The molecule has 0 spiro atoms. The zero-order valence-corrected chi connectivity index (χ0v) is 15.9. The molecule has 0 radical (unpaired) electrons. The molecule has 4 nitrogen and oxygen atoms in total. The van der Waals surface area contributed by atoms with E-state index in [0.29, 0.717) is 12.5 Å². The molecule has 25 heavy (non-hydrogen) atoms. The number of carbonyl (C=O) groups excluding carboxylic acids is 1. The minimum atomic E-state index is 0.0946. The summed E-state index contributed by atoms with van der Waals surface area (Å²) in [5, 5.41) is 6.40. The number of nitrogens with one attached hydrogen (secondary N) is 2. The fourth-order valence-electron chi connectivity index (χ4n) is 4.27. The van der Waals surface area contributed by atoms with Gasteiger partial charge in [0, 0.05) is 32.1 Å². The van der Waals surface area contributed by atoms with Crippen molar-refractivity contribution in [2.24, 2.45) is 23.7 Å². The highest BCUT2D eigenvalue weighted by atomic mass is 16.1. The van der Waals surface area contributed by atoms with Gasteiger partial charge in [-0.2, -0.15) is 0 Å². The van der Waals surface area contributed by atoms with Gasteiger partial charge >= 0.3 is 0 Å². The number of hydrogen-bond acceptors (Lipinski definition) is 3. The Bertz CT molecular complexity index is 574. The number of benzene rings is 1. The van der Waals surface area contributed by atoms with Gasteiger partial charge in [-0.1, -0.05) is 45.0 Å². The van der Waals surface area contributed by atoms with Gasteiger partial charge in [0.05, 0.1) is 0 Å². The second kappa shape index (κ2) is 8.33. The van der Waals surface area contributed by atoms with Crippen molar-refractivity contribution < 1.29 is 4.79 Å². The summed E-state index contributed by atoms with van der Waals surface area (Å²) in [6.45, 7) is 12.7. The van der Waals surface area contributed by atoms with Crippen LogP contribution in [-0.4, -0.2) is 37.0 Å². The topological polar surface area (TPSA) is 44.4 Å². The van der Waals surface area contributed by atoms with Crippen molar-refractivity contribution in [1.29, 1.82) is 0 Å². The molecule has 4 heteroatoms. The van der Waals surface area contributed by atoms with Gasteiger partial charge in [-0.15, -0.1) is 0 Å². The lowest BCUT2D eigenvalue weighted by Crippen LogP contribution is -2.49.